The van der Waals surface area contributed by atoms with Crippen LogP contribution in [0.4, 0.5) is 0 Å². The van der Waals surface area contributed by atoms with E-state index in [4.69, 9.17) is 25.8 Å². The van der Waals surface area contributed by atoms with Gasteiger partial charge in [0.2, 0.25) is 0 Å². The van der Waals surface area contributed by atoms with Crippen LogP contribution in [0.15, 0.2) is 71.9 Å². The lowest BCUT2D eigenvalue weighted by atomic mass is 9.93. The molecule has 2 heterocycles. The van der Waals surface area contributed by atoms with Crippen molar-refractivity contribution in [3.05, 3.63) is 99.8 Å². The van der Waals surface area contributed by atoms with Crippen LogP contribution in [0.3, 0.4) is 0 Å². The monoisotopic (exact) mass is 767 g/mol. The molecule has 5 rings (SSSR count). The van der Waals surface area contributed by atoms with E-state index in [0.717, 1.165) is 72.3 Å². The second kappa shape index (κ2) is 18.2. The van der Waals surface area contributed by atoms with Crippen molar-refractivity contribution in [3.63, 3.8) is 0 Å². The van der Waals surface area contributed by atoms with Crippen molar-refractivity contribution in [3.8, 4) is 28.4 Å². The number of hydrogen-bond donors (Lipinski definition) is 4. The highest BCUT2D eigenvalue weighted by molar-refractivity contribution is 7.90. The fourth-order valence-corrected chi connectivity index (χ4v) is 7.02. The number of carboxylic acid groups (broad SMARTS) is 1. The summed E-state index contributed by atoms with van der Waals surface area (Å²) in [5, 5.41) is 31.7. The molecule has 0 bridgehead atoms. The molecule has 1 fully saturated rings. The van der Waals surface area contributed by atoms with Gasteiger partial charge in [-0.1, -0.05) is 41.9 Å². The van der Waals surface area contributed by atoms with E-state index in [1.54, 1.807) is 12.1 Å². The van der Waals surface area contributed by atoms with E-state index in [0.29, 0.717) is 29.2 Å². The van der Waals surface area contributed by atoms with E-state index in [1.165, 1.54) is 18.5 Å². The van der Waals surface area contributed by atoms with Gasteiger partial charge in [0.05, 0.1) is 29.2 Å². The van der Waals surface area contributed by atoms with Crippen molar-refractivity contribution < 1.29 is 42.7 Å². The van der Waals surface area contributed by atoms with E-state index in [1.807, 2.05) is 31.2 Å². The number of halogens is 1. The molecule has 0 unspecified atom stereocenters. The number of hydrogen-bond acceptors (Lipinski definition) is 11. The zero-order valence-corrected chi connectivity index (χ0v) is 31.6. The van der Waals surface area contributed by atoms with Gasteiger partial charge in [-0.05, 0) is 72.7 Å². The Kier molecular flexibility index (Phi) is 13.7. The predicted molar refractivity (Wildman–Crippen MR) is 201 cm³/mol. The third-order valence-corrected chi connectivity index (χ3v) is 10.6. The fourth-order valence-electron chi connectivity index (χ4n) is 6.16. The molecule has 1 aliphatic rings. The average molecular weight is 768 g/mol. The highest BCUT2D eigenvalue weighted by Crippen LogP contribution is 2.36. The molecule has 14 heteroatoms. The standard InChI is InChI=1S/C39H46ClN3O9S/c1-25-28(7-4-8-32(25)33-9-5-10-36(26(33)2)50-14-6-12-43-13-11-30(45)21-43)24-52-38-17-37(29(16-34(38)40)19-42-35(22-44)39(46)47)51-23-27-15-31(20-41-18-27)53(3,48)49/h4-5,7-10,15-18,20,30,35,42,44-45H,6,11-14,19,21-24H2,1-3H3,(H,46,47)/t30-,35-/m1/s1. The average Bonchev–Trinajstić information content (AvgIpc) is 3.55. The van der Waals surface area contributed by atoms with Crippen molar-refractivity contribution in [1.29, 1.82) is 0 Å². The van der Waals surface area contributed by atoms with Gasteiger partial charge in [-0.2, -0.15) is 0 Å². The molecule has 1 aromatic heterocycles. The van der Waals surface area contributed by atoms with Gasteiger partial charge < -0.3 is 34.4 Å². The molecule has 0 saturated carbocycles. The molecule has 3 aromatic carbocycles. The summed E-state index contributed by atoms with van der Waals surface area (Å²) in [5.41, 5.74) is 6.08. The Bertz CT molecular complexity index is 2010. The first-order chi connectivity index (χ1) is 25.3. The molecule has 0 amide bonds. The third kappa shape index (κ3) is 10.7. The molecule has 4 N–H and O–H groups in total. The molecule has 53 heavy (non-hydrogen) atoms. The molecule has 0 spiro atoms. The zero-order chi connectivity index (χ0) is 38.1. The van der Waals surface area contributed by atoms with E-state index >= 15 is 0 Å². The normalized spacial score (nSPS) is 15.3. The number of nitrogens with one attached hydrogen (secondary N) is 1. The quantitative estimate of drug-likeness (QED) is 0.101. The number of pyridine rings is 1. The van der Waals surface area contributed by atoms with Gasteiger partial charge in [-0.3, -0.25) is 15.1 Å². The Morgan fingerprint density at radius 2 is 1.72 bits per heavy atom. The molecule has 284 valence electrons. The van der Waals surface area contributed by atoms with Crippen LogP contribution in [-0.4, -0.2) is 90.8 Å². The summed E-state index contributed by atoms with van der Waals surface area (Å²) < 4.78 is 42.7. The van der Waals surface area contributed by atoms with Gasteiger partial charge in [-0.25, -0.2) is 8.42 Å². The van der Waals surface area contributed by atoms with Gasteiger partial charge in [0.1, 0.15) is 36.5 Å². The van der Waals surface area contributed by atoms with Crippen LogP contribution in [-0.2, 0) is 34.4 Å². The molecule has 4 aromatic rings. The largest absolute Gasteiger partial charge is 0.493 e. The predicted octanol–water partition coefficient (Wildman–Crippen LogP) is 4.95. The Balaban J connectivity index is 1.32. The number of aliphatic hydroxyl groups is 2. The van der Waals surface area contributed by atoms with E-state index in [-0.39, 0.29) is 35.8 Å². The number of sulfone groups is 1. The van der Waals surface area contributed by atoms with Crippen LogP contribution in [0.5, 0.6) is 17.2 Å². The van der Waals surface area contributed by atoms with Crippen LogP contribution >= 0.6 is 11.6 Å². The number of rotatable bonds is 18. The van der Waals surface area contributed by atoms with Crippen LogP contribution in [0.25, 0.3) is 11.1 Å². The summed E-state index contributed by atoms with van der Waals surface area (Å²) >= 11 is 6.69. The van der Waals surface area contributed by atoms with Crippen molar-refractivity contribution >= 4 is 27.4 Å². The highest BCUT2D eigenvalue weighted by Gasteiger charge is 2.21. The number of β-amino-alcohol motifs (C(OH)–C–C–N with tert-alkyl or cyclic N) is 1. The molecular formula is C39H46ClN3O9S. The number of carbonyl (C=O) groups is 1. The van der Waals surface area contributed by atoms with Crippen molar-refractivity contribution in [2.24, 2.45) is 0 Å². The number of carboxylic acids is 1. The number of benzene rings is 3. The molecule has 0 radical (unpaired) electrons. The van der Waals surface area contributed by atoms with Crippen molar-refractivity contribution in [2.75, 3.05) is 39.1 Å². The van der Waals surface area contributed by atoms with Crippen LogP contribution in [0.2, 0.25) is 5.02 Å². The Morgan fingerprint density at radius 3 is 2.42 bits per heavy atom. The molecule has 1 saturated heterocycles. The van der Waals surface area contributed by atoms with Gasteiger partial charge in [0.25, 0.3) is 0 Å². The van der Waals surface area contributed by atoms with E-state index < -0.39 is 28.5 Å². The van der Waals surface area contributed by atoms with Gasteiger partial charge in [0.15, 0.2) is 9.84 Å². The minimum atomic E-state index is -3.49. The molecular weight excluding hydrogens is 722 g/mol. The number of ether oxygens (including phenoxy) is 3. The summed E-state index contributed by atoms with van der Waals surface area (Å²) in [5.74, 6) is 0.253. The summed E-state index contributed by atoms with van der Waals surface area (Å²) in [6.45, 7) is 6.72. The maximum absolute atomic E-state index is 12.1. The van der Waals surface area contributed by atoms with Gasteiger partial charge in [-0.15, -0.1) is 0 Å². The summed E-state index contributed by atoms with van der Waals surface area (Å²) in [6, 6.07) is 15.5. The molecule has 12 nitrogen and oxygen atoms in total. The first kappa shape index (κ1) is 40.0. The number of aromatic nitrogens is 1. The topological polar surface area (TPSA) is 168 Å². The minimum absolute atomic E-state index is 0.000347. The highest BCUT2D eigenvalue weighted by atomic mass is 35.5. The number of aliphatic carboxylic acids is 1. The van der Waals surface area contributed by atoms with Crippen LogP contribution in [0, 0.1) is 13.8 Å². The maximum Gasteiger partial charge on any atom is 0.323 e. The maximum atomic E-state index is 12.1. The smallest absolute Gasteiger partial charge is 0.323 e. The number of aliphatic hydroxyl groups excluding tert-OH is 2. The summed E-state index contributed by atoms with van der Waals surface area (Å²) in [4.78, 5) is 17.8. The Hall–Kier alpha value is -4.24. The fraction of sp³-hybridized carbons (Fsp3) is 0.385. The van der Waals surface area contributed by atoms with Crippen molar-refractivity contribution in [2.45, 2.75) is 63.5 Å². The lowest BCUT2D eigenvalue weighted by Crippen LogP contribution is -2.39. The first-order valence-electron chi connectivity index (χ1n) is 17.3. The summed E-state index contributed by atoms with van der Waals surface area (Å²) in [7, 11) is -3.49. The molecule has 1 aliphatic heterocycles. The number of nitrogens with zero attached hydrogens (tertiary/aromatic N) is 2. The lowest BCUT2D eigenvalue weighted by molar-refractivity contribution is -0.140. The van der Waals surface area contributed by atoms with Crippen molar-refractivity contribution in [1.82, 2.24) is 15.2 Å². The van der Waals surface area contributed by atoms with E-state index in [2.05, 4.69) is 34.3 Å². The summed E-state index contributed by atoms with van der Waals surface area (Å²) in [6.07, 6.45) is 5.31. The van der Waals surface area contributed by atoms with E-state index in [9.17, 15) is 28.5 Å². The van der Waals surface area contributed by atoms with Gasteiger partial charge >= 0.3 is 5.97 Å². The third-order valence-electron chi connectivity index (χ3n) is 9.25. The van der Waals surface area contributed by atoms with Crippen LogP contribution < -0.4 is 19.5 Å². The Morgan fingerprint density at radius 1 is 0.981 bits per heavy atom. The molecule has 2 atom stereocenters. The van der Waals surface area contributed by atoms with Gasteiger partial charge in [0, 0.05) is 62.0 Å². The Labute approximate surface area is 315 Å². The van der Waals surface area contributed by atoms with Crippen LogP contribution in [0.1, 0.15) is 40.7 Å². The minimum Gasteiger partial charge on any atom is -0.493 e. The second-order valence-electron chi connectivity index (χ2n) is 13.2. The zero-order valence-electron chi connectivity index (χ0n) is 30.0. The SMILES string of the molecule is Cc1c(COc2cc(OCc3cncc(S(C)(=O)=O)c3)c(CN[C@H](CO)C(=O)O)cc2Cl)cccc1-c1cccc(OCCCN2CC[C@@H](O)C2)c1C. The number of likely N-dealkylation sites (tertiary alicyclic amines) is 1. The second-order valence-corrected chi connectivity index (χ2v) is 15.6. The molecule has 0 aliphatic carbocycles. The first-order valence-corrected chi connectivity index (χ1v) is 19.6. The lowest BCUT2D eigenvalue weighted by Gasteiger charge is -2.19.